The van der Waals surface area contributed by atoms with Gasteiger partial charge in [0.2, 0.25) is 0 Å². The van der Waals surface area contributed by atoms with Gasteiger partial charge in [0.25, 0.3) is 0 Å². The molecule has 4 rings (SSSR count). The van der Waals surface area contributed by atoms with Crippen molar-refractivity contribution in [1.82, 2.24) is 0 Å². The number of unbranched alkanes of at least 4 members (excludes halogenated alkanes) is 8. The van der Waals surface area contributed by atoms with Gasteiger partial charge in [0.05, 0.1) is 9.79 Å². The molecule has 0 aromatic heterocycles. The molecule has 0 saturated carbocycles. The molecule has 43 heavy (non-hydrogen) atoms. The minimum Gasteiger partial charge on any atom is -0.744 e. The molecular formula is C34H42CaO6S2. The van der Waals surface area contributed by atoms with E-state index < -0.39 is 20.2 Å². The van der Waals surface area contributed by atoms with E-state index >= 15 is 0 Å². The third-order valence-electron chi connectivity index (χ3n) is 7.58. The van der Waals surface area contributed by atoms with E-state index in [1.165, 1.54) is 63.5 Å². The molecule has 9 heteroatoms. The Morgan fingerprint density at radius 1 is 0.465 bits per heavy atom. The predicted molar refractivity (Wildman–Crippen MR) is 175 cm³/mol. The number of benzene rings is 4. The Hall–Kier alpha value is -1.52. The van der Waals surface area contributed by atoms with E-state index in [0.29, 0.717) is 10.8 Å². The molecule has 0 fully saturated rings. The molecule has 0 radical (unpaired) electrons. The number of aryl methyl sites for hydroxylation is 2. The number of hydrogen-bond acceptors (Lipinski definition) is 6. The van der Waals surface area contributed by atoms with E-state index in [0.717, 1.165) is 47.6 Å². The Morgan fingerprint density at radius 3 is 1.14 bits per heavy atom. The van der Waals surface area contributed by atoms with Crippen LogP contribution < -0.4 is 0 Å². The second-order valence-electron chi connectivity index (χ2n) is 10.8. The first-order valence-electron chi connectivity index (χ1n) is 15.0. The standard InChI is InChI=1S/2C17H22O3S.Ca/c2*1-2-3-4-5-6-9-14-10-7-12-16-15(14)11-8-13-17(16)21(18,19)20;/h2*7-8,10-13H,2-6,9H2,1H3,(H,18,19,20);/q;;+2/p-2. The van der Waals surface area contributed by atoms with Gasteiger partial charge in [0.1, 0.15) is 20.2 Å². The summed E-state index contributed by atoms with van der Waals surface area (Å²) in [6.07, 6.45) is 13.8. The summed E-state index contributed by atoms with van der Waals surface area (Å²) in [7, 11) is -8.86. The molecular weight excluding hydrogens is 609 g/mol. The van der Waals surface area contributed by atoms with Gasteiger partial charge in [-0.3, -0.25) is 0 Å². The normalized spacial score (nSPS) is 11.6. The van der Waals surface area contributed by atoms with E-state index in [2.05, 4.69) is 13.8 Å². The average Bonchev–Trinajstić information content (AvgIpc) is 2.96. The quantitative estimate of drug-likeness (QED) is 0.0773. The molecule has 4 aromatic rings. The second-order valence-corrected chi connectivity index (χ2v) is 13.5. The van der Waals surface area contributed by atoms with Crippen LogP contribution in [0, 0.1) is 0 Å². The molecule has 6 nitrogen and oxygen atoms in total. The van der Waals surface area contributed by atoms with Crippen LogP contribution in [-0.4, -0.2) is 63.7 Å². The third kappa shape index (κ3) is 11.4. The molecule has 0 bridgehead atoms. The Bertz CT molecular complexity index is 1540. The minimum atomic E-state index is -4.43. The number of fused-ring (bicyclic) bond motifs is 2. The van der Waals surface area contributed by atoms with Crippen molar-refractivity contribution in [3.63, 3.8) is 0 Å². The topological polar surface area (TPSA) is 114 Å². The smallest absolute Gasteiger partial charge is 0.744 e. The van der Waals surface area contributed by atoms with Crippen LogP contribution in [0.3, 0.4) is 0 Å². The summed E-state index contributed by atoms with van der Waals surface area (Å²) in [4.78, 5) is -0.235. The SMILES string of the molecule is CCCCCCCc1cccc2c(S(=O)(=O)[O-])cccc12.CCCCCCCc1cccc2c(S(=O)(=O)[O-])cccc12.[Ca+2]. The molecule has 4 aromatic carbocycles. The van der Waals surface area contributed by atoms with Gasteiger partial charge in [-0.2, -0.15) is 0 Å². The van der Waals surface area contributed by atoms with Gasteiger partial charge in [-0.1, -0.05) is 126 Å². The molecule has 0 heterocycles. The zero-order valence-electron chi connectivity index (χ0n) is 25.4. The Kier molecular flexibility index (Phi) is 16.2. The Labute approximate surface area is 287 Å². The first-order chi connectivity index (χ1) is 20.1. The number of hydrogen-bond donors (Lipinski definition) is 0. The molecule has 0 N–H and O–H groups in total. The van der Waals surface area contributed by atoms with E-state index in [9.17, 15) is 25.9 Å². The Morgan fingerprint density at radius 2 is 0.791 bits per heavy atom. The fourth-order valence-electron chi connectivity index (χ4n) is 5.40. The van der Waals surface area contributed by atoms with Crippen LogP contribution in [0.5, 0.6) is 0 Å². The van der Waals surface area contributed by atoms with Gasteiger partial charge in [-0.15, -0.1) is 0 Å². The summed E-state index contributed by atoms with van der Waals surface area (Å²) >= 11 is 0. The summed E-state index contributed by atoms with van der Waals surface area (Å²) in [5.74, 6) is 0. The van der Waals surface area contributed by atoms with Crippen molar-refractivity contribution in [3.05, 3.63) is 83.9 Å². The summed E-state index contributed by atoms with van der Waals surface area (Å²) in [6, 6.07) is 21.0. The van der Waals surface area contributed by atoms with Gasteiger partial charge in [0.15, 0.2) is 0 Å². The summed E-state index contributed by atoms with van der Waals surface area (Å²) in [5, 5.41) is 2.84. The number of rotatable bonds is 14. The molecule has 0 aliphatic rings. The van der Waals surface area contributed by atoms with Crippen molar-refractivity contribution in [2.75, 3.05) is 0 Å². The summed E-state index contributed by atoms with van der Waals surface area (Å²) in [6.45, 7) is 4.38. The maximum Gasteiger partial charge on any atom is 2.00 e. The molecule has 0 atom stereocenters. The molecule has 0 amide bonds. The van der Waals surface area contributed by atoms with Crippen molar-refractivity contribution < 1.29 is 25.9 Å². The fraction of sp³-hybridized carbons (Fsp3) is 0.412. The Balaban J connectivity index is 0.000000293. The zero-order chi connectivity index (χ0) is 30.6. The van der Waals surface area contributed by atoms with Crippen molar-refractivity contribution in [3.8, 4) is 0 Å². The summed E-state index contributed by atoms with van der Waals surface area (Å²) in [5.41, 5.74) is 2.24. The third-order valence-corrected chi connectivity index (χ3v) is 9.37. The first-order valence-corrected chi connectivity index (χ1v) is 17.8. The van der Waals surface area contributed by atoms with Gasteiger partial charge in [0, 0.05) is 0 Å². The van der Waals surface area contributed by atoms with Gasteiger partial charge >= 0.3 is 37.7 Å². The van der Waals surface area contributed by atoms with Crippen molar-refractivity contribution in [2.24, 2.45) is 0 Å². The van der Waals surface area contributed by atoms with E-state index in [1.807, 2.05) is 36.4 Å². The van der Waals surface area contributed by atoms with Gasteiger partial charge in [-0.25, -0.2) is 16.8 Å². The van der Waals surface area contributed by atoms with Crippen LogP contribution in [0.15, 0.2) is 82.6 Å². The first kappa shape index (κ1) is 37.7. The van der Waals surface area contributed by atoms with E-state index in [-0.39, 0.29) is 47.5 Å². The molecule has 228 valence electrons. The molecule has 0 spiro atoms. The van der Waals surface area contributed by atoms with Crippen molar-refractivity contribution in [1.29, 1.82) is 0 Å². The van der Waals surface area contributed by atoms with Gasteiger partial charge < -0.3 is 9.11 Å². The zero-order valence-corrected chi connectivity index (χ0v) is 29.2. The van der Waals surface area contributed by atoms with Crippen molar-refractivity contribution >= 4 is 79.5 Å². The van der Waals surface area contributed by atoms with Gasteiger partial charge in [-0.05, 0) is 70.5 Å². The predicted octanol–water partition coefficient (Wildman–Crippen LogP) is 8.13. The largest absolute Gasteiger partial charge is 2.00 e. The second kappa shape index (κ2) is 18.4. The fourth-order valence-corrected chi connectivity index (χ4v) is 6.79. The average molecular weight is 651 g/mol. The van der Waals surface area contributed by atoms with Crippen LogP contribution >= 0.6 is 0 Å². The molecule has 0 saturated heterocycles. The minimum absolute atomic E-state index is 0. The van der Waals surface area contributed by atoms with Crippen molar-refractivity contribution in [2.45, 2.75) is 101 Å². The maximum atomic E-state index is 11.3. The van der Waals surface area contributed by atoms with E-state index in [4.69, 9.17) is 0 Å². The molecule has 0 unspecified atom stereocenters. The van der Waals surface area contributed by atoms with Crippen LogP contribution in [0.25, 0.3) is 21.5 Å². The van der Waals surface area contributed by atoms with Crippen LogP contribution in [0.1, 0.15) is 89.2 Å². The maximum absolute atomic E-state index is 11.3. The van der Waals surface area contributed by atoms with Crippen LogP contribution in [0.2, 0.25) is 0 Å². The monoisotopic (exact) mass is 650 g/mol. The van der Waals surface area contributed by atoms with E-state index in [1.54, 1.807) is 24.3 Å². The molecule has 0 aliphatic carbocycles. The summed E-state index contributed by atoms with van der Waals surface area (Å²) < 4.78 is 68.0. The van der Waals surface area contributed by atoms with Crippen LogP contribution in [0.4, 0.5) is 0 Å². The molecule has 0 aliphatic heterocycles. The van der Waals surface area contributed by atoms with Crippen LogP contribution in [-0.2, 0) is 33.1 Å².